The van der Waals surface area contributed by atoms with Crippen molar-refractivity contribution in [1.29, 1.82) is 0 Å². The minimum Gasteiger partial charge on any atom is -0.352 e. The zero-order valence-corrected chi connectivity index (χ0v) is 23.2. The first-order valence-electron chi connectivity index (χ1n) is 10.9. The molecule has 10 heteroatoms. The molecule has 0 aromatic heterocycles. The lowest BCUT2D eigenvalue weighted by atomic mass is 10.1. The monoisotopic (exact) mass is 571 g/mol. The maximum absolute atomic E-state index is 13.5. The molecule has 0 aliphatic carbocycles. The van der Waals surface area contributed by atoms with Crippen LogP contribution in [0.25, 0.3) is 0 Å². The summed E-state index contributed by atoms with van der Waals surface area (Å²) in [7, 11) is -3.78. The first-order valence-corrected chi connectivity index (χ1v) is 13.9. The number of carbonyl (C=O) groups excluding carboxylic acids is 2. The number of nitrogens with one attached hydrogen (secondary N) is 1. The van der Waals surface area contributed by atoms with Crippen molar-refractivity contribution in [3.63, 3.8) is 0 Å². The summed E-state index contributed by atoms with van der Waals surface area (Å²) < 4.78 is 27.1. The Morgan fingerprint density at radius 1 is 1.15 bits per heavy atom. The average Bonchev–Trinajstić information content (AvgIpc) is 2.76. The molecular formula is C24H31BrClN3O4S. The van der Waals surface area contributed by atoms with Crippen LogP contribution in [0, 0.1) is 6.92 Å². The molecule has 2 aromatic rings. The van der Waals surface area contributed by atoms with Crippen LogP contribution in [0.2, 0.25) is 5.02 Å². The van der Waals surface area contributed by atoms with Gasteiger partial charge in [0.2, 0.25) is 21.8 Å². The minimum atomic E-state index is -3.78. The van der Waals surface area contributed by atoms with Crippen molar-refractivity contribution >= 4 is 55.1 Å². The molecule has 2 rings (SSSR count). The van der Waals surface area contributed by atoms with E-state index in [0.717, 1.165) is 32.6 Å². The Morgan fingerprint density at radius 2 is 1.82 bits per heavy atom. The van der Waals surface area contributed by atoms with E-state index in [1.165, 1.54) is 4.90 Å². The Balaban J connectivity index is 2.41. The molecule has 0 radical (unpaired) electrons. The fraction of sp³-hybridized carbons (Fsp3) is 0.417. The average molecular weight is 573 g/mol. The van der Waals surface area contributed by atoms with Gasteiger partial charge in [-0.3, -0.25) is 13.9 Å². The van der Waals surface area contributed by atoms with Crippen LogP contribution in [0.1, 0.15) is 38.3 Å². The van der Waals surface area contributed by atoms with Crippen molar-refractivity contribution in [2.24, 2.45) is 0 Å². The molecule has 0 saturated heterocycles. The first kappa shape index (κ1) is 28.1. The molecule has 0 saturated carbocycles. The highest BCUT2D eigenvalue weighted by atomic mass is 79.9. The summed E-state index contributed by atoms with van der Waals surface area (Å²) in [5.74, 6) is -0.812. The zero-order valence-electron chi connectivity index (χ0n) is 20.0. The maximum atomic E-state index is 13.5. The lowest BCUT2D eigenvalue weighted by Crippen LogP contribution is -2.52. The van der Waals surface area contributed by atoms with Crippen molar-refractivity contribution in [1.82, 2.24) is 10.2 Å². The van der Waals surface area contributed by atoms with Crippen LogP contribution in [0.5, 0.6) is 0 Å². The quantitative estimate of drug-likeness (QED) is 0.454. The number of sulfonamides is 1. The fourth-order valence-electron chi connectivity index (χ4n) is 3.28. The number of hydrogen-bond acceptors (Lipinski definition) is 4. The molecule has 186 valence electrons. The van der Waals surface area contributed by atoms with Crippen LogP contribution in [-0.4, -0.2) is 50.0 Å². The Hall–Kier alpha value is -2.10. The summed E-state index contributed by atoms with van der Waals surface area (Å²) in [6, 6.07) is 11.2. The molecule has 34 heavy (non-hydrogen) atoms. The van der Waals surface area contributed by atoms with E-state index < -0.39 is 28.5 Å². The third-order valence-electron chi connectivity index (χ3n) is 5.52. The third-order valence-corrected chi connectivity index (χ3v) is 7.78. The van der Waals surface area contributed by atoms with Gasteiger partial charge in [-0.2, -0.15) is 0 Å². The van der Waals surface area contributed by atoms with Crippen LogP contribution in [0.15, 0.2) is 46.9 Å². The van der Waals surface area contributed by atoms with E-state index in [0.29, 0.717) is 10.7 Å². The zero-order chi connectivity index (χ0) is 25.6. The van der Waals surface area contributed by atoms with Gasteiger partial charge in [0.25, 0.3) is 0 Å². The van der Waals surface area contributed by atoms with Gasteiger partial charge in [-0.15, -0.1) is 0 Å². The number of aryl methyl sites for hydroxylation is 1. The molecule has 2 amide bonds. The van der Waals surface area contributed by atoms with Crippen molar-refractivity contribution in [3.8, 4) is 0 Å². The number of anilines is 1. The van der Waals surface area contributed by atoms with E-state index in [2.05, 4.69) is 21.2 Å². The minimum absolute atomic E-state index is 0.0590. The number of carbonyl (C=O) groups is 2. The second-order valence-corrected chi connectivity index (χ2v) is 11.5. The number of hydrogen-bond donors (Lipinski definition) is 1. The topological polar surface area (TPSA) is 86.8 Å². The summed E-state index contributed by atoms with van der Waals surface area (Å²) in [4.78, 5) is 27.8. The molecule has 0 aliphatic heterocycles. The van der Waals surface area contributed by atoms with Crippen molar-refractivity contribution in [3.05, 3.63) is 63.1 Å². The molecule has 2 atom stereocenters. The van der Waals surface area contributed by atoms with Crippen molar-refractivity contribution in [2.45, 2.75) is 52.7 Å². The largest absolute Gasteiger partial charge is 0.352 e. The summed E-state index contributed by atoms with van der Waals surface area (Å²) in [6.07, 6.45) is 1.80. The van der Waals surface area contributed by atoms with Gasteiger partial charge in [-0.05, 0) is 68.7 Å². The Bertz CT molecular complexity index is 1140. The van der Waals surface area contributed by atoms with Gasteiger partial charge < -0.3 is 10.2 Å². The van der Waals surface area contributed by atoms with E-state index in [-0.39, 0.29) is 18.5 Å². The van der Waals surface area contributed by atoms with E-state index in [9.17, 15) is 18.0 Å². The normalized spacial score (nSPS) is 13.1. The highest BCUT2D eigenvalue weighted by Crippen LogP contribution is 2.25. The maximum Gasteiger partial charge on any atom is 0.244 e. The molecule has 1 N–H and O–H groups in total. The highest BCUT2D eigenvalue weighted by molar-refractivity contribution is 9.10. The van der Waals surface area contributed by atoms with Gasteiger partial charge in [0.1, 0.15) is 12.6 Å². The Kier molecular flexibility index (Phi) is 9.96. The molecule has 0 fully saturated rings. The Labute approximate surface area is 215 Å². The number of nitrogens with zero attached hydrogens (tertiary/aromatic N) is 2. The molecule has 0 heterocycles. The van der Waals surface area contributed by atoms with Crippen molar-refractivity contribution < 1.29 is 18.0 Å². The summed E-state index contributed by atoms with van der Waals surface area (Å²) in [6.45, 7) is 6.97. The number of benzene rings is 2. The molecular weight excluding hydrogens is 542 g/mol. The molecule has 0 bridgehead atoms. The number of rotatable bonds is 10. The van der Waals surface area contributed by atoms with Gasteiger partial charge in [0, 0.05) is 22.1 Å². The number of halogens is 2. The highest BCUT2D eigenvalue weighted by Gasteiger charge is 2.30. The van der Waals surface area contributed by atoms with Gasteiger partial charge in [-0.1, -0.05) is 46.6 Å². The second-order valence-electron chi connectivity index (χ2n) is 8.35. The summed E-state index contributed by atoms with van der Waals surface area (Å²) in [5, 5.41) is 3.40. The van der Waals surface area contributed by atoms with Crippen LogP contribution in [0.4, 0.5) is 5.69 Å². The van der Waals surface area contributed by atoms with Crippen molar-refractivity contribution in [2.75, 3.05) is 17.1 Å². The molecule has 2 aromatic carbocycles. The Morgan fingerprint density at radius 3 is 2.38 bits per heavy atom. The molecule has 0 spiro atoms. The predicted molar refractivity (Wildman–Crippen MR) is 140 cm³/mol. The fourth-order valence-corrected chi connectivity index (χ4v) is 4.58. The van der Waals surface area contributed by atoms with E-state index in [4.69, 9.17) is 11.6 Å². The third kappa shape index (κ3) is 7.71. The van der Waals surface area contributed by atoms with Gasteiger partial charge in [0.15, 0.2) is 0 Å². The van der Waals surface area contributed by atoms with Crippen LogP contribution in [0.3, 0.4) is 0 Å². The summed E-state index contributed by atoms with van der Waals surface area (Å²) >= 11 is 9.52. The molecule has 0 aliphatic rings. The van der Waals surface area contributed by atoms with Crippen LogP contribution >= 0.6 is 27.5 Å². The van der Waals surface area contributed by atoms with E-state index in [1.54, 1.807) is 49.4 Å². The SMILES string of the molecule is CC[C@H](C)NC(=O)[C@@H](C)N(Cc1cccc(Cl)c1)C(=O)CN(c1ccc(Br)c(C)c1)S(C)(=O)=O. The smallest absolute Gasteiger partial charge is 0.244 e. The van der Waals surface area contributed by atoms with E-state index >= 15 is 0 Å². The molecule has 0 unspecified atom stereocenters. The first-order chi connectivity index (χ1) is 15.8. The summed E-state index contributed by atoms with van der Waals surface area (Å²) in [5.41, 5.74) is 1.93. The van der Waals surface area contributed by atoms with Gasteiger partial charge in [0.05, 0.1) is 11.9 Å². The van der Waals surface area contributed by atoms with Crippen LogP contribution < -0.4 is 9.62 Å². The van der Waals surface area contributed by atoms with Gasteiger partial charge in [-0.25, -0.2) is 8.42 Å². The lowest BCUT2D eigenvalue weighted by molar-refractivity contribution is -0.139. The standard InChI is InChI=1S/C24H31BrClN3O4S/c1-6-17(3)27-24(31)18(4)28(14-19-8-7-9-20(26)13-19)23(30)15-29(34(5,32)33)21-10-11-22(25)16(2)12-21/h7-13,17-18H,6,14-15H2,1-5H3,(H,27,31)/t17-,18+/m0/s1. The van der Waals surface area contributed by atoms with Crippen LogP contribution in [-0.2, 0) is 26.2 Å². The number of amides is 2. The lowest BCUT2D eigenvalue weighted by Gasteiger charge is -2.32. The molecule has 7 nitrogen and oxygen atoms in total. The predicted octanol–water partition coefficient (Wildman–Crippen LogP) is 4.51. The van der Waals surface area contributed by atoms with E-state index in [1.807, 2.05) is 20.8 Å². The second kappa shape index (κ2) is 12.0. The van der Waals surface area contributed by atoms with Gasteiger partial charge >= 0.3 is 0 Å².